The Morgan fingerprint density at radius 2 is 1.85 bits per heavy atom. The Bertz CT molecular complexity index is 418. The van der Waals surface area contributed by atoms with Crippen LogP contribution >= 0.6 is 0 Å². The lowest BCUT2D eigenvalue weighted by Gasteiger charge is -2.24. The smallest absolute Gasteiger partial charge is 0.230 e. The van der Waals surface area contributed by atoms with E-state index in [2.05, 4.69) is 10.6 Å². The van der Waals surface area contributed by atoms with Crippen LogP contribution in [0.25, 0.3) is 0 Å². The third-order valence-electron chi connectivity index (χ3n) is 3.20. The summed E-state index contributed by atoms with van der Waals surface area (Å²) in [6.45, 7) is 6.30. The maximum absolute atomic E-state index is 12.9. The molecule has 0 atom stereocenters. The van der Waals surface area contributed by atoms with E-state index >= 15 is 0 Å². The number of carbonyl (C=O) groups excluding carboxylic acids is 1. The number of ether oxygens (including phenoxy) is 1. The number of carbonyl (C=O) groups is 1. The normalized spacial score (nSPS) is 11.4. The lowest BCUT2D eigenvalue weighted by molar-refractivity contribution is -0.125. The first-order valence-corrected chi connectivity index (χ1v) is 6.72. The first kappa shape index (κ1) is 16.6. The number of halogens is 1. The van der Waals surface area contributed by atoms with E-state index in [4.69, 9.17) is 4.74 Å². The second-order valence-electron chi connectivity index (χ2n) is 5.13. The highest BCUT2D eigenvalue weighted by atomic mass is 19.1. The van der Waals surface area contributed by atoms with Crippen molar-refractivity contribution in [3.05, 3.63) is 35.6 Å². The summed E-state index contributed by atoms with van der Waals surface area (Å²) in [4.78, 5) is 12.2. The Balaban J connectivity index is 2.43. The molecule has 0 aliphatic rings. The van der Waals surface area contributed by atoms with E-state index in [9.17, 15) is 9.18 Å². The molecule has 0 fully saturated rings. The lowest BCUT2D eigenvalue weighted by atomic mass is 9.84. The highest BCUT2D eigenvalue weighted by Gasteiger charge is 2.29. The third-order valence-corrected chi connectivity index (χ3v) is 3.20. The molecule has 20 heavy (non-hydrogen) atoms. The predicted octanol–water partition coefficient (Wildman–Crippen LogP) is 1.46. The van der Waals surface area contributed by atoms with Crippen molar-refractivity contribution in [1.29, 1.82) is 0 Å². The van der Waals surface area contributed by atoms with Gasteiger partial charge in [0.1, 0.15) is 5.82 Å². The van der Waals surface area contributed by atoms with Crippen LogP contribution < -0.4 is 10.6 Å². The van der Waals surface area contributed by atoms with Crippen LogP contribution in [0.2, 0.25) is 0 Å². The third kappa shape index (κ3) is 4.90. The van der Waals surface area contributed by atoms with Crippen LogP contribution in [0, 0.1) is 5.82 Å². The van der Waals surface area contributed by atoms with Crippen LogP contribution in [-0.4, -0.2) is 39.3 Å². The maximum atomic E-state index is 12.9. The van der Waals surface area contributed by atoms with E-state index in [1.165, 1.54) is 12.1 Å². The van der Waals surface area contributed by atoms with Gasteiger partial charge < -0.3 is 15.4 Å². The van der Waals surface area contributed by atoms with Gasteiger partial charge in [-0.25, -0.2) is 4.39 Å². The van der Waals surface area contributed by atoms with Gasteiger partial charge in [-0.1, -0.05) is 12.1 Å². The molecule has 1 aromatic rings. The van der Waals surface area contributed by atoms with Gasteiger partial charge >= 0.3 is 0 Å². The number of rotatable bonds is 8. The van der Waals surface area contributed by atoms with Crippen LogP contribution in [0.15, 0.2) is 24.3 Å². The summed E-state index contributed by atoms with van der Waals surface area (Å²) in [5.74, 6) is -0.370. The number of amides is 1. The van der Waals surface area contributed by atoms with E-state index in [1.807, 2.05) is 13.8 Å². The van der Waals surface area contributed by atoms with Gasteiger partial charge in [0.25, 0.3) is 0 Å². The molecule has 5 heteroatoms. The zero-order valence-corrected chi connectivity index (χ0v) is 12.3. The zero-order chi connectivity index (χ0) is 15.0. The monoisotopic (exact) mass is 282 g/mol. The Morgan fingerprint density at radius 1 is 1.20 bits per heavy atom. The molecule has 0 unspecified atom stereocenters. The molecule has 1 rings (SSSR count). The van der Waals surface area contributed by atoms with Gasteiger partial charge in [-0.05, 0) is 31.5 Å². The molecule has 0 spiro atoms. The molecule has 0 saturated carbocycles. The van der Waals surface area contributed by atoms with E-state index in [0.717, 1.165) is 12.1 Å². The molecular weight excluding hydrogens is 259 g/mol. The van der Waals surface area contributed by atoms with Crippen LogP contribution in [0.4, 0.5) is 4.39 Å². The fraction of sp³-hybridized carbons (Fsp3) is 0.533. The maximum Gasteiger partial charge on any atom is 0.230 e. The average Bonchev–Trinajstić information content (AvgIpc) is 2.43. The minimum absolute atomic E-state index is 0.0716. The summed E-state index contributed by atoms with van der Waals surface area (Å²) in [6, 6.07) is 6.03. The van der Waals surface area contributed by atoms with Crippen LogP contribution in [-0.2, 0) is 14.9 Å². The number of hydrogen-bond acceptors (Lipinski definition) is 3. The van der Waals surface area contributed by atoms with Crippen molar-refractivity contribution >= 4 is 5.91 Å². The van der Waals surface area contributed by atoms with Crippen molar-refractivity contribution in [3.63, 3.8) is 0 Å². The first-order chi connectivity index (χ1) is 9.48. The van der Waals surface area contributed by atoms with Gasteiger partial charge in [0, 0.05) is 26.7 Å². The summed E-state index contributed by atoms with van der Waals surface area (Å²) in [7, 11) is 1.65. The van der Waals surface area contributed by atoms with E-state index in [0.29, 0.717) is 19.7 Å². The van der Waals surface area contributed by atoms with Crippen molar-refractivity contribution in [2.75, 3.05) is 33.4 Å². The first-order valence-electron chi connectivity index (χ1n) is 6.72. The second-order valence-corrected chi connectivity index (χ2v) is 5.13. The number of hydrogen-bond donors (Lipinski definition) is 2. The molecule has 1 amide bonds. The van der Waals surface area contributed by atoms with Crippen molar-refractivity contribution in [2.45, 2.75) is 19.3 Å². The van der Waals surface area contributed by atoms with E-state index in [-0.39, 0.29) is 11.7 Å². The number of benzene rings is 1. The SMILES string of the molecule is COCCNCCNC(=O)C(C)(C)c1ccc(F)cc1. The Labute approximate surface area is 119 Å². The molecule has 2 N–H and O–H groups in total. The second kappa shape index (κ2) is 7.97. The summed E-state index contributed by atoms with van der Waals surface area (Å²) in [5.41, 5.74) is 0.115. The predicted molar refractivity (Wildman–Crippen MR) is 77.2 cm³/mol. The standard InChI is InChI=1S/C15H23FN2O2/c1-15(2,12-4-6-13(16)7-5-12)14(19)18-9-8-17-10-11-20-3/h4-7,17H,8-11H2,1-3H3,(H,18,19). The topological polar surface area (TPSA) is 50.4 Å². The molecule has 0 aliphatic carbocycles. The zero-order valence-electron chi connectivity index (χ0n) is 12.3. The molecular formula is C15H23FN2O2. The fourth-order valence-electron chi connectivity index (χ4n) is 1.78. The molecule has 1 aromatic carbocycles. The summed E-state index contributed by atoms with van der Waals surface area (Å²) >= 11 is 0. The number of nitrogens with one attached hydrogen (secondary N) is 2. The quantitative estimate of drug-likeness (QED) is 0.710. The minimum Gasteiger partial charge on any atom is -0.383 e. The molecule has 112 valence electrons. The van der Waals surface area contributed by atoms with Gasteiger partial charge in [0.2, 0.25) is 5.91 Å². The molecule has 0 radical (unpaired) electrons. The van der Waals surface area contributed by atoms with Gasteiger partial charge in [-0.2, -0.15) is 0 Å². The van der Waals surface area contributed by atoms with Crippen molar-refractivity contribution in [1.82, 2.24) is 10.6 Å². The average molecular weight is 282 g/mol. The van der Waals surface area contributed by atoms with Crippen molar-refractivity contribution in [3.8, 4) is 0 Å². The van der Waals surface area contributed by atoms with E-state index < -0.39 is 5.41 Å². The van der Waals surface area contributed by atoms with Gasteiger partial charge in [0.05, 0.1) is 12.0 Å². The van der Waals surface area contributed by atoms with Gasteiger partial charge in [0.15, 0.2) is 0 Å². The summed E-state index contributed by atoms with van der Waals surface area (Å²) in [5, 5.41) is 6.03. The molecule has 0 saturated heterocycles. The summed E-state index contributed by atoms with van der Waals surface area (Å²) in [6.07, 6.45) is 0. The van der Waals surface area contributed by atoms with E-state index in [1.54, 1.807) is 19.2 Å². The van der Waals surface area contributed by atoms with Crippen molar-refractivity contribution in [2.24, 2.45) is 0 Å². The van der Waals surface area contributed by atoms with Gasteiger partial charge in [-0.15, -0.1) is 0 Å². The van der Waals surface area contributed by atoms with Crippen LogP contribution in [0.3, 0.4) is 0 Å². The minimum atomic E-state index is -0.680. The Hall–Kier alpha value is -1.46. The Morgan fingerprint density at radius 3 is 2.45 bits per heavy atom. The molecule has 0 aliphatic heterocycles. The van der Waals surface area contributed by atoms with Crippen molar-refractivity contribution < 1.29 is 13.9 Å². The molecule has 0 heterocycles. The molecule has 0 aromatic heterocycles. The lowest BCUT2D eigenvalue weighted by Crippen LogP contribution is -2.42. The summed E-state index contributed by atoms with van der Waals surface area (Å²) < 4.78 is 17.8. The fourth-order valence-corrected chi connectivity index (χ4v) is 1.78. The number of methoxy groups -OCH3 is 1. The largest absolute Gasteiger partial charge is 0.383 e. The van der Waals surface area contributed by atoms with Crippen LogP contribution in [0.5, 0.6) is 0 Å². The molecule has 4 nitrogen and oxygen atoms in total. The van der Waals surface area contributed by atoms with Crippen LogP contribution in [0.1, 0.15) is 19.4 Å². The molecule has 0 bridgehead atoms. The highest BCUT2D eigenvalue weighted by molar-refractivity contribution is 5.87. The highest BCUT2D eigenvalue weighted by Crippen LogP contribution is 2.23. The Kier molecular flexibility index (Phi) is 6.61. The van der Waals surface area contributed by atoms with Gasteiger partial charge in [-0.3, -0.25) is 4.79 Å².